The first-order valence-corrected chi connectivity index (χ1v) is 7.27. The largest absolute Gasteiger partial charge is 0.351 e. The molecule has 0 unspecified atom stereocenters. The number of carbonyl (C=O) groups excluding carboxylic acids is 2. The van der Waals surface area contributed by atoms with Crippen molar-refractivity contribution in [3.05, 3.63) is 35.6 Å². The number of piperazine rings is 1. The summed E-state index contributed by atoms with van der Waals surface area (Å²) in [6, 6.07) is 5.49. The molecule has 3 N–H and O–H groups in total. The van der Waals surface area contributed by atoms with Gasteiger partial charge in [-0.25, -0.2) is 9.18 Å². The van der Waals surface area contributed by atoms with Crippen LogP contribution in [0.1, 0.15) is 12.5 Å². The van der Waals surface area contributed by atoms with Crippen LogP contribution >= 0.6 is 0 Å². The summed E-state index contributed by atoms with van der Waals surface area (Å²) in [7, 11) is 0. The number of imide groups is 1. The van der Waals surface area contributed by atoms with Crippen molar-refractivity contribution in [2.45, 2.75) is 19.5 Å². The molecule has 3 amide bonds. The van der Waals surface area contributed by atoms with Gasteiger partial charge in [0.15, 0.2) is 0 Å². The first-order valence-electron chi connectivity index (χ1n) is 7.27. The van der Waals surface area contributed by atoms with Crippen molar-refractivity contribution in [2.75, 3.05) is 26.2 Å². The second-order valence-electron chi connectivity index (χ2n) is 5.43. The van der Waals surface area contributed by atoms with Gasteiger partial charge in [-0.15, -0.1) is 0 Å². The van der Waals surface area contributed by atoms with Gasteiger partial charge in [-0.05, 0) is 13.0 Å². The van der Waals surface area contributed by atoms with Gasteiger partial charge in [0.2, 0.25) is 5.91 Å². The van der Waals surface area contributed by atoms with Crippen molar-refractivity contribution in [2.24, 2.45) is 5.73 Å². The smallest absolute Gasteiger partial charge is 0.318 e. The van der Waals surface area contributed by atoms with E-state index in [4.69, 9.17) is 5.73 Å². The van der Waals surface area contributed by atoms with Gasteiger partial charge in [0, 0.05) is 38.3 Å². The number of primary amides is 1. The van der Waals surface area contributed by atoms with E-state index in [2.05, 4.69) is 10.2 Å². The van der Waals surface area contributed by atoms with Crippen molar-refractivity contribution >= 4 is 11.9 Å². The highest BCUT2D eigenvalue weighted by Gasteiger charge is 2.26. The molecule has 22 heavy (non-hydrogen) atoms. The van der Waals surface area contributed by atoms with Crippen LogP contribution < -0.4 is 11.1 Å². The summed E-state index contributed by atoms with van der Waals surface area (Å²) >= 11 is 0. The number of hydrogen-bond donors (Lipinski definition) is 2. The van der Waals surface area contributed by atoms with Crippen LogP contribution in [0, 0.1) is 5.82 Å². The summed E-state index contributed by atoms with van der Waals surface area (Å²) in [6.07, 6.45) is 0. The Morgan fingerprint density at radius 3 is 2.50 bits per heavy atom. The maximum absolute atomic E-state index is 13.6. The topological polar surface area (TPSA) is 78.7 Å². The minimum Gasteiger partial charge on any atom is -0.351 e. The second kappa shape index (κ2) is 7.33. The van der Waals surface area contributed by atoms with Gasteiger partial charge in [-0.2, -0.15) is 0 Å². The van der Waals surface area contributed by atoms with Gasteiger partial charge >= 0.3 is 6.03 Å². The van der Waals surface area contributed by atoms with E-state index in [0.717, 1.165) is 13.1 Å². The third-order valence-electron chi connectivity index (χ3n) is 3.93. The van der Waals surface area contributed by atoms with E-state index in [-0.39, 0.29) is 5.82 Å². The molecule has 1 fully saturated rings. The monoisotopic (exact) mass is 308 g/mol. The highest BCUT2D eigenvalue weighted by molar-refractivity contribution is 5.96. The van der Waals surface area contributed by atoms with E-state index in [1.165, 1.54) is 6.07 Å². The van der Waals surface area contributed by atoms with Crippen molar-refractivity contribution in [1.82, 2.24) is 15.1 Å². The number of amides is 3. The number of benzene rings is 1. The minimum absolute atomic E-state index is 0.195. The quantitative estimate of drug-likeness (QED) is 0.850. The minimum atomic E-state index is -0.838. The molecule has 7 heteroatoms. The van der Waals surface area contributed by atoms with Crippen LogP contribution in [0.5, 0.6) is 0 Å². The van der Waals surface area contributed by atoms with E-state index in [9.17, 15) is 14.0 Å². The molecule has 0 aromatic heterocycles. The Kier molecular flexibility index (Phi) is 5.46. The molecule has 0 aliphatic carbocycles. The van der Waals surface area contributed by atoms with E-state index in [0.29, 0.717) is 25.2 Å². The average Bonchev–Trinajstić information content (AvgIpc) is 2.49. The van der Waals surface area contributed by atoms with E-state index in [1.54, 1.807) is 19.1 Å². The van der Waals surface area contributed by atoms with Crippen molar-refractivity contribution in [3.63, 3.8) is 0 Å². The predicted octanol–water partition coefficient (Wildman–Crippen LogP) is 0.527. The number of nitrogens with one attached hydrogen (secondary N) is 1. The third-order valence-corrected chi connectivity index (χ3v) is 3.93. The first kappa shape index (κ1) is 16.4. The zero-order valence-corrected chi connectivity index (χ0v) is 12.6. The molecule has 2 rings (SSSR count). The van der Waals surface area contributed by atoms with E-state index in [1.807, 2.05) is 11.0 Å². The molecule has 0 radical (unpaired) electrons. The zero-order valence-electron chi connectivity index (χ0n) is 12.6. The molecule has 1 aromatic rings. The normalized spacial score (nSPS) is 17.9. The number of halogens is 1. The van der Waals surface area contributed by atoms with Gasteiger partial charge in [0.05, 0.1) is 6.04 Å². The zero-order chi connectivity index (χ0) is 16.1. The Morgan fingerprint density at radius 2 is 1.91 bits per heavy atom. The lowest BCUT2D eigenvalue weighted by molar-refractivity contribution is -0.125. The molecule has 0 bridgehead atoms. The Balaban J connectivity index is 1.84. The van der Waals surface area contributed by atoms with Gasteiger partial charge in [0.1, 0.15) is 5.82 Å². The van der Waals surface area contributed by atoms with Crippen LogP contribution in [0.4, 0.5) is 9.18 Å². The summed E-state index contributed by atoms with van der Waals surface area (Å²) in [6.45, 7) is 5.14. The van der Waals surface area contributed by atoms with Crippen LogP contribution in [-0.4, -0.2) is 54.0 Å². The number of rotatable bonds is 4. The number of nitrogens with two attached hydrogens (primary N) is 1. The molecule has 1 atom stereocenters. The van der Waals surface area contributed by atoms with E-state index >= 15 is 0 Å². The Labute approximate surface area is 129 Å². The highest BCUT2D eigenvalue weighted by Crippen LogP contribution is 2.13. The van der Waals surface area contributed by atoms with Gasteiger partial charge in [-0.1, -0.05) is 18.2 Å². The Hall–Kier alpha value is -1.99. The number of urea groups is 1. The standard InChI is InChI=1S/C15H21FN4O2/c1-11(14(21)18-15(17)22)20-8-6-19(7-9-20)10-12-4-2-3-5-13(12)16/h2-5,11H,6-10H2,1H3,(H3,17,18,21,22)/t11-/m0/s1. The summed E-state index contributed by atoms with van der Waals surface area (Å²) in [5.74, 6) is -0.589. The van der Waals surface area contributed by atoms with Crippen LogP contribution in [0.2, 0.25) is 0 Å². The summed E-state index contributed by atoms with van der Waals surface area (Å²) < 4.78 is 13.6. The van der Waals surface area contributed by atoms with Crippen molar-refractivity contribution in [1.29, 1.82) is 0 Å². The first-order chi connectivity index (χ1) is 10.5. The molecule has 0 spiro atoms. The lowest BCUT2D eigenvalue weighted by Gasteiger charge is -2.37. The SMILES string of the molecule is C[C@@H](C(=O)NC(N)=O)N1CCN(Cc2ccccc2F)CC1. The van der Waals surface area contributed by atoms with E-state index < -0.39 is 18.0 Å². The fraction of sp³-hybridized carbons (Fsp3) is 0.467. The van der Waals surface area contributed by atoms with Crippen molar-refractivity contribution in [3.8, 4) is 0 Å². The van der Waals surface area contributed by atoms with Gasteiger partial charge in [0.25, 0.3) is 0 Å². The molecule has 1 heterocycles. The predicted molar refractivity (Wildman–Crippen MR) is 80.4 cm³/mol. The molecule has 1 saturated heterocycles. The molecule has 1 aliphatic heterocycles. The molecular weight excluding hydrogens is 287 g/mol. The number of hydrogen-bond acceptors (Lipinski definition) is 4. The van der Waals surface area contributed by atoms with Crippen LogP contribution in [0.15, 0.2) is 24.3 Å². The molecule has 6 nitrogen and oxygen atoms in total. The van der Waals surface area contributed by atoms with Gasteiger partial charge < -0.3 is 5.73 Å². The third kappa shape index (κ3) is 4.25. The fourth-order valence-corrected chi connectivity index (χ4v) is 2.57. The highest BCUT2D eigenvalue weighted by atomic mass is 19.1. The van der Waals surface area contributed by atoms with Crippen LogP contribution in [0.25, 0.3) is 0 Å². The van der Waals surface area contributed by atoms with Crippen LogP contribution in [0.3, 0.4) is 0 Å². The Morgan fingerprint density at radius 1 is 1.27 bits per heavy atom. The summed E-state index contributed by atoms with van der Waals surface area (Å²) in [5.41, 5.74) is 5.63. The summed E-state index contributed by atoms with van der Waals surface area (Å²) in [5, 5.41) is 2.09. The summed E-state index contributed by atoms with van der Waals surface area (Å²) in [4.78, 5) is 26.6. The maximum atomic E-state index is 13.6. The maximum Gasteiger partial charge on any atom is 0.318 e. The lowest BCUT2D eigenvalue weighted by Crippen LogP contribution is -2.54. The lowest BCUT2D eigenvalue weighted by atomic mass is 10.1. The Bertz CT molecular complexity index is 544. The van der Waals surface area contributed by atoms with Crippen molar-refractivity contribution < 1.29 is 14.0 Å². The molecule has 120 valence electrons. The van der Waals surface area contributed by atoms with Gasteiger partial charge in [-0.3, -0.25) is 19.9 Å². The molecule has 1 aliphatic rings. The molecular formula is C15H21FN4O2. The second-order valence-corrected chi connectivity index (χ2v) is 5.43. The average molecular weight is 308 g/mol. The molecule has 0 saturated carbocycles. The fourth-order valence-electron chi connectivity index (χ4n) is 2.57. The number of nitrogens with zero attached hydrogens (tertiary/aromatic N) is 2. The number of carbonyl (C=O) groups is 2. The molecule has 1 aromatic carbocycles. The van der Waals surface area contributed by atoms with Crippen LogP contribution in [-0.2, 0) is 11.3 Å².